The van der Waals surface area contributed by atoms with Crippen LogP contribution in [0.1, 0.15) is 61.1 Å². The number of rotatable bonds is 5. The minimum atomic E-state index is -0.360. The molecule has 0 bridgehead atoms. The van der Waals surface area contributed by atoms with Crippen molar-refractivity contribution in [2.75, 3.05) is 0 Å². The molecule has 3 aromatic carbocycles. The zero-order valence-corrected chi connectivity index (χ0v) is 22.6. The van der Waals surface area contributed by atoms with Crippen LogP contribution in [0.25, 0.3) is 11.1 Å². The highest BCUT2D eigenvalue weighted by atomic mass is 16.7. The van der Waals surface area contributed by atoms with Gasteiger partial charge in [-0.2, -0.15) is 0 Å². The molecule has 0 aliphatic carbocycles. The van der Waals surface area contributed by atoms with Crippen molar-refractivity contribution in [1.29, 1.82) is 0 Å². The SMILES string of the molecule is Cc1c(CO)cccc1-c1cccc(CO)c1C.Cc1c(CO)cccc1B1OC(C)(C)C(C)(C)O1. The summed E-state index contributed by atoms with van der Waals surface area (Å²) >= 11 is 0. The van der Waals surface area contributed by atoms with Crippen LogP contribution in [-0.2, 0) is 29.1 Å². The minimum Gasteiger partial charge on any atom is -0.399 e. The summed E-state index contributed by atoms with van der Waals surface area (Å²) in [6.45, 7) is 14.3. The molecule has 4 rings (SSSR count). The van der Waals surface area contributed by atoms with E-state index in [1.54, 1.807) is 0 Å². The second-order valence-corrected chi connectivity index (χ2v) is 10.4. The van der Waals surface area contributed by atoms with Gasteiger partial charge < -0.3 is 24.6 Å². The lowest BCUT2D eigenvalue weighted by atomic mass is 9.75. The molecular formula is C30H39BO5. The molecular weight excluding hydrogens is 451 g/mol. The predicted octanol–water partition coefficient (Wildman–Crippen LogP) is 4.74. The van der Waals surface area contributed by atoms with E-state index in [4.69, 9.17) is 9.31 Å². The van der Waals surface area contributed by atoms with Crippen molar-refractivity contribution in [3.05, 3.63) is 88.0 Å². The van der Waals surface area contributed by atoms with Crippen LogP contribution in [-0.4, -0.2) is 33.6 Å². The molecule has 6 heteroatoms. The van der Waals surface area contributed by atoms with E-state index >= 15 is 0 Å². The monoisotopic (exact) mass is 490 g/mol. The van der Waals surface area contributed by atoms with Gasteiger partial charge in [-0.05, 0) is 98.4 Å². The number of hydrogen-bond donors (Lipinski definition) is 3. The van der Waals surface area contributed by atoms with E-state index in [0.717, 1.165) is 50.0 Å². The molecule has 1 aliphatic rings. The molecule has 0 saturated carbocycles. The molecule has 0 radical (unpaired) electrons. The molecule has 1 fully saturated rings. The predicted molar refractivity (Wildman–Crippen MR) is 146 cm³/mol. The Morgan fingerprint density at radius 2 is 0.944 bits per heavy atom. The third-order valence-corrected chi connectivity index (χ3v) is 7.69. The van der Waals surface area contributed by atoms with E-state index in [2.05, 4.69) is 12.1 Å². The van der Waals surface area contributed by atoms with Crippen LogP contribution in [0.5, 0.6) is 0 Å². The Balaban J connectivity index is 0.000000201. The fourth-order valence-corrected chi connectivity index (χ4v) is 4.39. The van der Waals surface area contributed by atoms with E-state index in [-0.39, 0.29) is 38.1 Å². The average molecular weight is 490 g/mol. The Hall–Kier alpha value is -2.48. The molecule has 0 unspecified atom stereocenters. The summed E-state index contributed by atoms with van der Waals surface area (Å²) in [4.78, 5) is 0. The van der Waals surface area contributed by atoms with Gasteiger partial charge in [0.05, 0.1) is 31.0 Å². The first-order chi connectivity index (χ1) is 17.0. The third kappa shape index (κ3) is 5.58. The third-order valence-electron chi connectivity index (χ3n) is 7.69. The smallest absolute Gasteiger partial charge is 0.399 e. The van der Waals surface area contributed by atoms with Crippen molar-refractivity contribution in [3.63, 3.8) is 0 Å². The van der Waals surface area contributed by atoms with E-state index in [9.17, 15) is 15.3 Å². The van der Waals surface area contributed by atoms with Crippen LogP contribution in [0.4, 0.5) is 0 Å². The lowest BCUT2D eigenvalue weighted by Gasteiger charge is -2.32. The van der Waals surface area contributed by atoms with Gasteiger partial charge in [0.1, 0.15) is 0 Å². The van der Waals surface area contributed by atoms with Gasteiger partial charge in [-0.1, -0.05) is 54.6 Å². The maximum absolute atomic E-state index is 9.32. The molecule has 192 valence electrons. The van der Waals surface area contributed by atoms with Crippen molar-refractivity contribution in [1.82, 2.24) is 0 Å². The highest BCUT2D eigenvalue weighted by Gasteiger charge is 2.52. The second-order valence-electron chi connectivity index (χ2n) is 10.4. The summed E-state index contributed by atoms with van der Waals surface area (Å²) in [6, 6.07) is 17.7. The highest BCUT2D eigenvalue weighted by Crippen LogP contribution is 2.36. The fraction of sp³-hybridized carbons (Fsp3) is 0.400. The molecule has 1 aliphatic heterocycles. The van der Waals surface area contributed by atoms with Gasteiger partial charge in [0, 0.05) is 0 Å². The van der Waals surface area contributed by atoms with Crippen LogP contribution in [0.15, 0.2) is 54.6 Å². The standard InChI is InChI=1S/C16H18O2.C14H21BO3/c1-11-13(9-17)5-3-7-15(11)16-8-4-6-14(10-18)12(16)2;1-10-11(9-16)7-6-8-12(10)15-17-13(2,3)14(4,5)18-15/h3-8,17-18H,9-10H2,1-2H3;6-8,16H,9H2,1-5H3. The normalized spacial score (nSPS) is 16.0. The molecule has 1 heterocycles. The van der Waals surface area contributed by atoms with Gasteiger partial charge >= 0.3 is 7.12 Å². The van der Waals surface area contributed by atoms with E-state index in [1.807, 2.05) is 90.9 Å². The lowest BCUT2D eigenvalue weighted by molar-refractivity contribution is 0.00578. The van der Waals surface area contributed by atoms with Gasteiger partial charge in [-0.3, -0.25) is 0 Å². The van der Waals surface area contributed by atoms with Crippen molar-refractivity contribution < 1.29 is 24.6 Å². The summed E-state index contributed by atoms with van der Waals surface area (Å²) in [6.07, 6.45) is 0. The molecule has 3 aromatic rings. The van der Waals surface area contributed by atoms with Gasteiger partial charge in [0.25, 0.3) is 0 Å². The maximum atomic E-state index is 9.32. The summed E-state index contributed by atoms with van der Waals surface area (Å²) in [5.74, 6) is 0. The fourth-order valence-electron chi connectivity index (χ4n) is 4.39. The van der Waals surface area contributed by atoms with Crippen molar-refractivity contribution in [2.24, 2.45) is 0 Å². The first-order valence-corrected chi connectivity index (χ1v) is 12.4. The Morgan fingerprint density at radius 1 is 0.583 bits per heavy atom. The minimum absolute atomic E-state index is 0.0409. The van der Waals surface area contributed by atoms with E-state index in [0.29, 0.717) is 0 Å². The van der Waals surface area contributed by atoms with E-state index in [1.165, 1.54) is 0 Å². The van der Waals surface area contributed by atoms with E-state index < -0.39 is 0 Å². The molecule has 0 amide bonds. The summed E-state index contributed by atoms with van der Waals surface area (Å²) in [5.41, 5.74) is 8.61. The molecule has 0 aromatic heterocycles. The van der Waals surface area contributed by atoms with Gasteiger partial charge in [0.15, 0.2) is 0 Å². The summed E-state index contributed by atoms with van der Waals surface area (Å²) in [5, 5.41) is 27.9. The Bertz CT molecular complexity index is 1130. The molecule has 1 saturated heterocycles. The van der Waals surface area contributed by atoms with Crippen LogP contribution < -0.4 is 5.46 Å². The van der Waals surface area contributed by atoms with Crippen molar-refractivity contribution >= 4 is 12.6 Å². The first kappa shape index (κ1) is 28.1. The average Bonchev–Trinajstić information content (AvgIpc) is 3.06. The molecule has 0 atom stereocenters. The molecule has 3 N–H and O–H groups in total. The van der Waals surface area contributed by atoms with Gasteiger partial charge in [-0.25, -0.2) is 0 Å². The highest BCUT2D eigenvalue weighted by molar-refractivity contribution is 6.62. The number of aliphatic hydroxyl groups is 3. The quantitative estimate of drug-likeness (QED) is 0.451. The molecule has 0 spiro atoms. The van der Waals surface area contributed by atoms with Crippen LogP contribution in [0.2, 0.25) is 0 Å². The Morgan fingerprint density at radius 3 is 1.33 bits per heavy atom. The van der Waals surface area contributed by atoms with Crippen LogP contribution >= 0.6 is 0 Å². The van der Waals surface area contributed by atoms with Gasteiger partial charge in [0.2, 0.25) is 0 Å². The Labute approximate surface area is 215 Å². The van der Waals surface area contributed by atoms with Crippen LogP contribution in [0.3, 0.4) is 0 Å². The van der Waals surface area contributed by atoms with Crippen molar-refractivity contribution in [2.45, 2.75) is 79.5 Å². The first-order valence-electron chi connectivity index (χ1n) is 12.4. The largest absolute Gasteiger partial charge is 0.495 e. The summed E-state index contributed by atoms with van der Waals surface area (Å²) in [7, 11) is -0.360. The number of benzene rings is 3. The number of hydrogen-bond acceptors (Lipinski definition) is 5. The summed E-state index contributed by atoms with van der Waals surface area (Å²) < 4.78 is 12.1. The molecule has 5 nitrogen and oxygen atoms in total. The lowest BCUT2D eigenvalue weighted by Crippen LogP contribution is -2.41. The van der Waals surface area contributed by atoms with Crippen LogP contribution in [0, 0.1) is 20.8 Å². The topological polar surface area (TPSA) is 79.2 Å². The zero-order chi connectivity index (χ0) is 26.7. The molecule has 36 heavy (non-hydrogen) atoms. The maximum Gasteiger partial charge on any atom is 0.495 e. The van der Waals surface area contributed by atoms with Crippen molar-refractivity contribution in [3.8, 4) is 11.1 Å². The number of aliphatic hydroxyl groups excluding tert-OH is 3. The van der Waals surface area contributed by atoms with Gasteiger partial charge in [-0.15, -0.1) is 0 Å². The zero-order valence-electron chi connectivity index (χ0n) is 22.6. The second kappa shape index (κ2) is 11.3. The Kier molecular flexibility index (Phi) is 8.81.